The Morgan fingerprint density at radius 3 is 2.26 bits per heavy atom. The van der Waals surface area contributed by atoms with Crippen LogP contribution in [0, 0.1) is 5.82 Å². The highest BCUT2D eigenvalue weighted by molar-refractivity contribution is 7.92. The van der Waals surface area contributed by atoms with Crippen molar-refractivity contribution in [2.75, 3.05) is 10.0 Å². The molecule has 140 valence electrons. The number of benzene rings is 2. The van der Waals surface area contributed by atoms with Gasteiger partial charge in [0.15, 0.2) is 0 Å². The number of nitrogens with zero attached hydrogens (tertiary/aromatic N) is 1. The van der Waals surface area contributed by atoms with Crippen LogP contribution in [-0.2, 0) is 10.0 Å². The highest BCUT2D eigenvalue weighted by Crippen LogP contribution is 2.22. The highest BCUT2D eigenvalue weighted by atomic mass is 32.2. The van der Waals surface area contributed by atoms with Gasteiger partial charge in [0, 0.05) is 0 Å². The van der Waals surface area contributed by atoms with E-state index in [2.05, 4.69) is 15.0 Å². The van der Waals surface area contributed by atoms with Crippen molar-refractivity contribution >= 4 is 27.2 Å². The van der Waals surface area contributed by atoms with Gasteiger partial charge >= 0.3 is 0 Å². The van der Waals surface area contributed by atoms with Crippen molar-refractivity contribution in [3.05, 3.63) is 78.2 Å². The highest BCUT2D eigenvalue weighted by Gasteiger charge is 2.15. The van der Waals surface area contributed by atoms with E-state index in [0.29, 0.717) is 17.3 Å². The second-order valence-electron chi connectivity index (χ2n) is 6.37. The Morgan fingerprint density at radius 1 is 0.963 bits per heavy atom. The van der Waals surface area contributed by atoms with Gasteiger partial charge in [-0.3, -0.25) is 4.72 Å². The minimum Gasteiger partial charge on any atom is -0.352 e. The molecule has 0 bridgehead atoms. The molecule has 1 aromatic heterocycles. The summed E-state index contributed by atoms with van der Waals surface area (Å²) in [5.74, 6) is 0.125. The Bertz CT molecular complexity index is 1020. The first kappa shape index (κ1) is 18.8. The zero-order valence-electron chi connectivity index (χ0n) is 15.0. The second-order valence-corrected chi connectivity index (χ2v) is 8.05. The van der Waals surface area contributed by atoms with Crippen LogP contribution < -0.4 is 10.0 Å². The maximum atomic E-state index is 13.7. The van der Waals surface area contributed by atoms with E-state index in [4.69, 9.17) is 0 Å². The summed E-state index contributed by atoms with van der Waals surface area (Å²) in [6.45, 7) is 4.09. The number of nitrogens with one attached hydrogen (secondary N) is 2. The number of rotatable bonds is 6. The van der Waals surface area contributed by atoms with E-state index >= 15 is 0 Å². The maximum Gasteiger partial charge on any atom is 0.263 e. The molecule has 3 rings (SSSR count). The molecule has 0 unspecified atom stereocenters. The van der Waals surface area contributed by atoms with Gasteiger partial charge in [0.1, 0.15) is 11.6 Å². The van der Waals surface area contributed by atoms with E-state index in [1.54, 1.807) is 48.5 Å². The van der Waals surface area contributed by atoms with Gasteiger partial charge in [-0.05, 0) is 47.9 Å². The molecule has 7 heteroatoms. The lowest BCUT2D eigenvalue weighted by Crippen LogP contribution is -2.14. The normalized spacial score (nSPS) is 11.4. The summed E-state index contributed by atoms with van der Waals surface area (Å²) in [6, 6.07) is 16.2. The molecule has 0 aliphatic carbocycles. The molecule has 0 amide bonds. The van der Waals surface area contributed by atoms with Gasteiger partial charge in [-0.2, -0.15) is 0 Å². The monoisotopic (exact) mass is 385 g/mol. The van der Waals surface area contributed by atoms with Crippen molar-refractivity contribution in [3.63, 3.8) is 0 Å². The molecule has 0 radical (unpaired) electrons. The van der Waals surface area contributed by atoms with Gasteiger partial charge in [0.2, 0.25) is 0 Å². The Hall–Kier alpha value is -2.93. The Labute approximate surface area is 158 Å². The molecule has 1 heterocycles. The molecule has 0 atom stereocenters. The third-order valence-electron chi connectivity index (χ3n) is 4.01. The molecule has 3 aromatic rings. The first-order chi connectivity index (χ1) is 12.8. The Balaban J connectivity index is 1.72. The third kappa shape index (κ3) is 4.62. The van der Waals surface area contributed by atoms with Crippen LogP contribution in [-0.4, -0.2) is 13.4 Å². The Morgan fingerprint density at radius 2 is 1.67 bits per heavy atom. The van der Waals surface area contributed by atoms with Crippen molar-refractivity contribution in [2.45, 2.75) is 24.7 Å². The van der Waals surface area contributed by atoms with Crippen LogP contribution in [0.4, 0.5) is 21.6 Å². The molecular formula is C20H20FN3O2S. The summed E-state index contributed by atoms with van der Waals surface area (Å²) >= 11 is 0. The van der Waals surface area contributed by atoms with Crippen molar-refractivity contribution < 1.29 is 12.8 Å². The lowest BCUT2D eigenvalue weighted by atomic mass is 10.0. The quantitative estimate of drug-likeness (QED) is 0.634. The number of aromatic nitrogens is 1. The average Bonchev–Trinajstić information content (AvgIpc) is 2.65. The van der Waals surface area contributed by atoms with Crippen LogP contribution in [0.2, 0.25) is 0 Å². The third-order valence-corrected chi connectivity index (χ3v) is 5.38. The van der Waals surface area contributed by atoms with E-state index in [1.807, 2.05) is 13.8 Å². The molecular weight excluding hydrogens is 365 g/mol. The van der Waals surface area contributed by atoms with Crippen molar-refractivity contribution in [2.24, 2.45) is 0 Å². The molecule has 5 nitrogen and oxygen atoms in total. The molecule has 2 aromatic carbocycles. The molecule has 0 saturated carbocycles. The summed E-state index contributed by atoms with van der Waals surface area (Å²) in [5.41, 5.74) is 1.93. The second kappa shape index (κ2) is 7.75. The fourth-order valence-corrected chi connectivity index (χ4v) is 3.48. The van der Waals surface area contributed by atoms with Gasteiger partial charge in [-0.25, -0.2) is 17.8 Å². The van der Waals surface area contributed by atoms with Crippen LogP contribution in [0.1, 0.15) is 25.3 Å². The van der Waals surface area contributed by atoms with Gasteiger partial charge in [0.05, 0.1) is 22.5 Å². The van der Waals surface area contributed by atoms with Crippen LogP contribution in [0.25, 0.3) is 0 Å². The minimum atomic E-state index is -3.73. The van der Waals surface area contributed by atoms with Gasteiger partial charge in [0.25, 0.3) is 10.0 Å². The number of hydrogen-bond donors (Lipinski definition) is 2. The standard InChI is InChI=1S/C20H20FN3O2S/c1-14(2)15-7-10-17(11-8-15)27(25,26)24-20-12-9-16(13-22-20)23-19-6-4-3-5-18(19)21/h3-14,23H,1-2H3,(H,22,24). The summed E-state index contributed by atoms with van der Waals surface area (Å²) < 4.78 is 41.1. The van der Waals surface area contributed by atoms with E-state index in [-0.39, 0.29) is 16.5 Å². The lowest BCUT2D eigenvalue weighted by molar-refractivity contribution is 0.601. The summed E-state index contributed by atoms with van der Waals surface area (Å²) in [6.07, 6.45) is 1.44. The van der Waals surface area contributed by atoms with E-state index in [9.17, 15) is 12.8 Å². The van der Waals surface area contributed by atoms with E-state index in [1.165, 1.54) is 18.3 Å². The fraction of sp³-hybridized carbons (Fsp3) is 0.150. The largest absolute Gasteiger partial charge is 0.352 e. The number of halogens is 1. The summed E-state index contributed by atoms with van der Waals surface area (Å²) in [7, 11) is -3.73. The van der Waals surface area contributed by atoms with E-state index in [0.717, 1.165) is 5.56 Å². The van der Waals surface area contributed by atoms with Gasteiger partial charge in [-0.1, -0.05) is 38.1 Å². The zero-order valence-corrected chi connectivity index (χ0v) is 15.8. The fourth-order valence-electron chi connectivity index (χ4n) is 2.47. The molecule has 27 heavy (non-hydrogen) atoms. The predicted octanol–water partition coefficient (Wildman–Crippen LogP) is 4.89. The smallest absolute Gasteiger partial charge is 0.263 e. The van der Waals surface area contributed by atoms with Gasteiger partial charge < -0.3 is 5.32 Å². The van der Waals surface area contributed by atoms with Crippen molar-refractivity contribution in [3.8, 4) is 0 Å². The molecule has 0 spiro atoms. The summed E-state index contributed by atoms with van der Waals surface area (Å²) in [4.78, 5) is 4.25. The van der Waals surface area contributed by atoms with Gasteiger partial charge in [-0.15, -0.1) is 0 Å². The number of anilines is 3. The van der Waals surface area contributed by atoms with Crippen LogP contribution >= 0.6 is 0 Å². The minimum absolute atomic E-state index is 0.169. The zero-order chi connectivity index (χ0) is 19.4. The molecule has 2 N–H and O–H groups in total. The number of hydrogen-bond acceptors (Lipinski definition) is 4. The summed E-state index contributed by atoms with van der Waals surface area (Å²) in [5, 5.41) is 2.90. The molecule has 0 saturated heterocycles. The molecule has 0 aliphatic rings. The maximum absolute atomic E-state index is 13.7. The molecule has 0 fully saturated rings. The Kier molecular flexibility index (Phi) is 5.41. The van der Waals surface area contributed by atoms with Crippen LogP contribution in [0.5, 0.6) is 0 Å². The van der Waals surface area contributed by atoms with E-state index < -0.39 is 10.0 Å². The van der Waals surface area contributed by atoms with Crippen LogP contribution in [0.15, 0.2) is 71.8 Å². The first-order valence-corrected chi connectivity index (χ1v) is 9.94. The first-order valence-electron chi connectivity index (χ1n) is 8.45. The van der Waals surface area contributed by atoms with Crippen molar-refractivity contribution in [1.29, 1.82) is 0 Å². The number of para-hydroxylation sites is 1. The predicted molar refractivity (Wildman–Crippen MR) is 105 cm³/mol. The topological polar surface area (TPSA) is 71.1 Å². The SMILES string of the molecule is CC(C)c1ccc(S(=O)(=O)Nc2ccc(Nc3ccccc3F)cn2)cc1. The number of sulfonamides is 1. The van der Waals surface area contributed by atoms with Crippen molar-refractivity contribution in [1.82, 2.24) is 4.98 Å². The lowest BCUT2D eigenvalue weighted by Gasteiger charge is -2.11. The molecule has 0 aliphatic heterocycles. The average molecular weight is 385 g/mol. The van der Waals surface area contributed by atoms with Crippen LogP contribution in [0.3, 0.4) is 0 Å². The number of pyridine rings is 1.